The number of nitrogens with zero attached hydrogens (tertiary/aromatic N) is 3. The number of carbonyl (C=O) groups is 2. The summed E-state index contributed by atoms with van der Waals surface area (Å²) >= 11 is 1.49. The summed E-state index contributed by atoms with van der Waals surface area (Å²) in [5, 5.41) is 6.61. The Morgan fingerprint density at radius 1 is 1.03 bits per heavy atom. The minimum absolute atomic E-state index is 0.0650. The Hall–Kier alpha value is -2.27. The lowest BCUT2D eigenvalue weighted by Crippen LogP contribution is -2.50. The minimum atomic E-state index is -3.51. The molecule has 10 heteroatoms. The minimum Gasteiger partial charge on any atom is -0.351 e. The van der Waals surface area contributed by atoms with Crippen molar-refractivity contribution in [3.05, 3.63) is 52.2 Å². The molecule has 1 aromatic heterocycles. The lowest BCUT2D eigenvalue weighted by atomic mass is 10.2. The van der Waals surface area contributed by atoms with Crippen LogP contribution in [0.15, 0.2) is 46.0 Å². The summed E-state index contributed by atoms with van der Waals surface area (Å²) in [7, 11) is -0.561. The van der Waals surface area contributed by atoms with E-state index in [1.807, 2.05) is 10.8 Å². The van der Waals surface area contributed by atoms with Crippen molar-refractivity contribution in [2.24, 2.45) is 0 Å². The smallest absolute Gasteiger partial charge is 0.253 e. The first-order valence-corrected chi connectivity index (χ1v) is 12.0. The normalized spacial score (nSPS) is 15.4. The highest BCUT2D eigenvalue weighted by Crippen LogP contribution is 2.16. The van der Waals surface area contributed by atoms with Gasteiger partial charge in [0, 0.05) is 69.9 Å². The lowest BCUT2D eigenvalue weighted by Gasteiger charge is -2.34. The molecular formula is C20H26N4O4S2. The van der Waals surface area contributed by atoms with E-state index in [1.165, 1.54) is 37.6 Å². The van der Waals surface area contributed by atoms with Gasteiger partial charge in [0.15, 0.2) is 0 Å². The fourth-order valence-corrected chi connectivity index (χ4v) is 4.70. The van der Waals surface area contributed by atoms with Gasteiger partial charge in [0.05, 0.1) is 4.90 Å². The van der Waals surface area contributed by atoms with Gasteiger partial charge >= 0.3 is 0 Å². The Labute approximate surface area is 181 Å². The first-order valence-electron chi connectivity index (χ1n) is 9.63. The fraction of sp³-hybridized carbons (Fsp3) is 0.400. The zero-order valence-corrected chi connectivity index (χ0v) is 18.7. The summed E-state index contributed by atoms with van der Waals surface area (Å²) in [5.74, 6) is -0.168. The maximum absolute atomic E-state index is 12.7. The highest BCUT2D eigenvalue weighted by molar-refractivity contribution is 7.89. The number of benzene rings is 1. The van der Waals surface area contributed by atoms with Gasteiger partial charge < -0.3 is 10.2 Å². The molecule has 1 aromatic carbocycles. The van der Waals surface area contributed by atoms with Crippen molar-refractivity contribution < 1.29 is 18.0 Å². The van der Waals surface area contributed by atoms with Crippen LogP contribution in [0.2, 0.25) is 0 Å². The molecule has 3 rings (SSSR count). The third-order valence-electron chi connectivity index (χ3n) is 5.04. The van der Waals surface area contributed by atoms with Crippen LogP contribution in [0.3, 0.4) is 0 Å². The van der Waals surface area contributed by atoms with Gasteiger partial charge in [-0.05, 0) is 35.7 Å². The Morgan fingerprint density at radius 3 is 2.27 bits per heavy atom. The van der Waals surface area contributed by atoms with E-state index in [-0.39, 0.29) is 16.7 Å². The largest absolute Gasteiger partial charge is 0.351 e. The number of hydrogen-bond acceptors (Lipinski definition) is 6. The van der Waals surface area contributed by atoms with Crippen molar-refractivity contribution >= 4 is 33.2 Å². The highest BCUT2D eigenvalue weighted by Gasteiger charge is 2.23. The third-order valence-corrected chi connectivity index (χ3v) is 7.55. The topological polar surface area (TPSA) is 90.0 Å². The second-order valence-electron chi connectivity index (χ2n) is 7.21. The number of thiophene rings is 1. The van der Waals surface area contributed by atoms with Crippen LogP contribution in [-0.2, 0) is 10.0 Å². The number of sulfonamides is 1. The molecule has 0 atom stereocenters. The van der Waals surface area contributed by atoms with Crippen LogP contribution < -0.4 is 5.32 Å². The summed E-state index contributed by atoms with van der Waals surface area (Å²) in [4.78, 5) is 28.8. The Bertz CT molecular complexity index is 965. The maximum Gasteiger partial charge on any atom is 0.253 e. The summed E-state index contributed by atoms with van der Waals surface area (Å²) in [5.41, 5.74) is 1.16. The molecule has 0 unspecified atom stereocenters. The van der Waals surface area contributed by atoms with E-state index in [4.69, 9.17) is 0 Å². The van der Waals surface area contributed by atoms with Crippen molar-refractivity contribution in [1.82, 2.24) is 19.4 Å². The van der Waals surface area contributed by atoms with Crippen LogP contribution in [0.25, 0.3) is 0 Å². The molecule has 1 aliphatic heterocycles. The molecule has 0 bridgehead atoms. The summed E-state index contributed by atoms with van der Waals surface area (Å²) in [6.45, 7) is 3.93. The molecule has 2 heterocycles. The molecule has 1 aliphatic rings. The van der Waals surface area contributed by atoms with Gasteiger partial charge in [0.1, 0.15) is 0 Å². The van der Waals surface area contributed by atoms with Crippen molar-refractivity contribution in [2.75, 3.05) is 53.4 Å². The van der Waals surface area contributed by atoms with E-state index < -0.39 is 10.0 Å². The fourth-order valence-electron chi connectivity index (χ4n) is 3.16. The van der Waals surface area contributed by atoms with Gasteiger partial charge in [-0.3, -0.25) is 14.5 Å². The summed E-state index contributed by atoms with van der Waals surface area (Å²) < 4.78 is 25.4. The molecule has 0 spiro atoms. The number of carbonyl (C=O) groups excluding carboxylic acids is 2. The van der Waals surface area contributed by atoms with E-state index in [0.717, 1.165) is 23.9 Å². The van der Waals surface area contributed by atoms with Crippen LogP contribution in [0.5, 0.6) is 0 Å². The lowest BCUT2D eigenvalue weighted by molar-refractivity contribution is 0.0638. The summed E-state index contributed by atoms with van der Waals surface area (Å²) in [6, 6.07) is 7.85. The van der Waals surface area contributed by atoms with E-state index >= 15 is 0 Å². The standard InChI is InChI=1S/C20H26N4O4S2/c1-22(2)30(27,28)18-5-3-16(4-6-18)20(26)24-12-10-23(11-13-24)9-8-21-19(25)17-7-14-29-15-17/h3-7,14-15H,8-13H2,1-2H3,(H,21,25). The first kappa shape index (κ1) is 22.4. The molecule has 1 N–H and O–H groups in total. The van der Waals surface area contributed by atoms with Crippen LogP contribution in [0.1, 0.15) is 20.7 Å². The number of hydrogen-bond donors (Lipinski definition) is 1. The number of amides is 2. The van der Waals surface area contributed by atoms with Gasteiger partial charge in [-0.1, -0.05) is 0 Å². The monoisotopic (exact) mass is 450 g/mol. The molecule has 2 amide bonds. The quantitative estimate of drug-likeness (QED) is 0.684. The molecule has 0 aliphatic carbocycles. The predicted octanol–water partition coefficient (Wildman–Crippen LogP) is 1.19. The molecule has 0 saturated carbocycles. The zero-order valence-electron chi connectivity index (χ0n) is 17.1. The van der Waals surface area contributed by atoms with E-state index in [2.05, 4.69) is 10.2 Å². The molecule has 2 aromatic rings. The number of rotatable bonds is 7. The SMILES string of the molecule is CN(C)S(=O)(=O)c1ccc(C(=O)N2CCN(CCNC(=O)c3ccsc3)CC2)cc1. The summed E-state index contributed by atoms with van der Waals surface area (Å²) in [6.07, 6.45) is 0. The van der Waals surface area contributed by atoms with Crippen LogP contribution in [0, 0.1) is 0 Å². The van der Waals surface area contributed by atoms with Crippen molar-refractivity contribution in [3.8, 4) is 0 Å². The number of piperazine rings is 1. The zero-order chi connectivity index (χ0) is 21.7. The van der Waals surface area contributed by atoms with Gasteiger partial charge in [-0.2, -0.15) is 11.3 Å². The van der Waals surface area contributed by atoms with Crippen LogP contribution in [0.4, 0.5) is 0 Å². The third kappa shape index (κ3) is 5.25. The van der Waals surface area contributed by atoms with Crippen molar-refractivity contribution in [1.29, 1.82) is 0 Å². The second kappa shape index (κ2) is 9.69. The maximum atomic E-state index is 12.7. The number of nitrogens with one attached hydrogen (secondary N) is 1. The van der Waals surface area contributed by atoms with E-state index in [1.54, 1.807) is 23.1 Å². The van der Waals surface area contributed by atoms with Crippen molar-refractivity contribution in [2.45, 2.75) is 4.90 Å². The van der Waals surface area contributed by atoms with E-state index in [0.29, 0.717) is 30.8 Å². The van der Waals surface area contributed by atoms with Gasteiger partial charge in [0.25, 0.3) is 11.8 Å². The van der Waals surface area contributed by atoms with Crippen LogP contribution in [-0.4, -0.2) is 87.7 Å². The molecule has 162 valence electrons. The first-order chi connectivity index (χ1) is 14.3. The average Bonchev–Trinajstić information content (AvgIpc) is 3.29. The van der Waals surface area contributed by atoms with Gasteiger partial charge in [-0.15, -0.1) is 0 Å². The molecular weight excluding hydrogens is 424 g/mol. The highest BCUT2D eigenvalue weighted by atomic mass is 32.2. The Kier molecular flexibility index (Phi) is 7.24. The molecule has 1 saturated heterocycles. The Morgan fingerprint density at radius 2 is 1.70 bits per heavy atom. The second-order valence-corrected chi connectivity index (χ2v) is 10.1. The predicted molar refractivity (Wildman–Crippen MR) is 116 cm³/mol. The molecule has 8 nitrogen and oxygen atoms in total. The average molecular weight is 451 g/mol. The molecule has 0 radical (unpaired) electrons. The molecule has 1 fully saturated rings. The van der Waals surface area contributed by atoms with Crippen LogP contribution >= 0.6 is 11.3 Å². The Balaban J connectivity index is 1.46. The van der Waals surface area contributed by atoms with Crippen molar-refractivity contribution in [3.63, 3.8) is 0 Å². The van der Waals surface area contributed by atoms with Gasteiger partial charge in [-0.25, -0.2) is 12.7 Å². The van der Waals surface area contributed by atoms with Gasteiger partial charge in [0.2, 0.25) is 10.0 Å². The molecule has 30 heavy (non-hydrogen) atoms. The van der Waals surface area contributed by atoms with E-state index in [9.17, 15) is 18.0 Å².